The van der Waals surface area contributed by atoms with Gasteiger partial charge in [0, 0.05) is 0 Å². The minimum atomic E-state index is -4.25. The van der Waals surface area contributed by atoms with Crippen LogP contribution in [0, 0.1) is 0 Å². The van der Waals surface area contributed by atoms with E-state index in [0.29, 0.717) is 0 Å². The summed E-state index contributed by atoms with van der Waals surface area (Å²) in [5.41, 5.74) is -0.397. The zero-order valence-corrected chi connectivity index (χ0v) is 22.8. The highest BCUT2D eigenvalue weighted by Gasteiger charge is 2.17. The van der Waals surface area contributed by atoms with Crippen LogP contribution in [-0.2, 0) is 9.09 Å². The lowest BCUT2D eigenvalue weighted by atomic mass is 9.93. The fourth-order valence-corrected chi connectivity index (χ4v) is 4.09. The molecule has 0 unspecified atom stereocenters. The van der Waals surface area contributed by atoms with Gasteiger partial charge in [0.25, 0.3) is 0 Å². The van der Waals surface area contributed by atoms with E-state index in [0.717, 1.165) is 44.9 Å². The van der Waals surface area contributed by atoms with Crippen LogP contribution in [0.4, 0.5) is 0 Å². The molecule has 0 saturated carbocycles. The Hall–Kier alpha value is 0.0700. The van der Waals surface area contributed by atoms with Crippen molar-refractivity contribution in [2.24, 2.45) is 0 Å². The highest BCUT2D eigenvalue weighted by atomic mass is 31.2. The predicted octanol–water partition coefficient (Wildman–Crippen LogP) is 8.69. The summed E-state index contributed by atoms with van der Waals surface area (Å²) in [5, 5.41) is 9.78. The second-order valence-electron chi connectivity index (χ2n) is 9.62. The van der Waals surface area contributed by atoms with Gasteiger partial charge in [0.1, 0.15) is 0 Å². The highest BCUT2D eigenvalue weighted by Crippen LogP contribution is 2.35. The first-order chi connectivity index (χ1) is 15.2. The maximum Gasteiger partial charge on any atom is 0.469 e. The molecule has 196 valence electrons. The fourth-order valence-electron chi connectivity index (χ4n) is 3.72. The Labute approximate surface area is 200 Å². The van der Waals surface area contributed by atoms with Crippen LogP contribution in [0.25, 0.3) is 0 Å². The number of aliphatic hydroxyl groups is 1. The van der Waals surface area contributed by atoms with Crippen LogP contribution in [0.1, 0.15) is 156 Å². The quantitative estimate of drug-likeness (QED) is 0.106. The fraction of sp³-hybridized carbons (Fsp3) is 1.00. The van der Waals surface area contributed by atoms with Crippen molar-refractivity contribution in [2.45, 2.75) is 162 Å². The molecule has 0 radical (unpaired) electrons. The second-order valence-corrected chi connectivity index (χ2v) is 10.9. The molecule has 0 aliphatic rings. The first kappa shape index (κ1) is 34.2. The molecule has 0 aromatic rings. The zero-order chi connectivity index (χ0) is 24.6. The van der Waals surface area contributed by atoms with Crippen molar-refractivity contribution in [3.05, 3.63) is 0 Å². The van der Waals surface area contributed by atoms with Gasteiger partial charge in [-0.2, -0.15) is 0 Å². The minimum absolute atomic E-state index is 0.169. The Morgan fingerprint density at radius 1 is 0.594 bits per heavy atom. The topological polar surface area (TPSA) is 87.0 Å². The first-order valence-corrected chi connectivity index (χ1v) is 15.1. The molecule has 0 rings (SSSR count). The van der Waals surface area contributed by atoms with Crippen molar-refractivity contribution in [1.29, 1.82) is 0 Å². The molecule has 0 atom stereocenters. The van der Waals surface area contributed by atoms with Gasteiger partial charge in [-0.25, -0.2) is 4.57 Å². The number of hydrogen-bond acceptors (Lipinski definition) is 3. The van der Waals surface area contributed by atoms with Crippen LogP contribution < -0.4 is 0 Å². The second kappa shape index (κ2) is 24.2. The summed E-state index contributed by atoms with van der Waals surface area (Å²) >= 11 is 0. The van der Waals surface area contributed by atoms with Crippen LogP contribution in [0.3, 0.4) is 0 Å². The first-order valence-electron chi connectivity index (χ1n) is 13.6. The van der Waals surface area contributed by atoms with Crippen molar-refractivity contribution in [2.75, 3.05) is 6.61 Å². The van der Waals surface area contributed by atoms with E-state index in [1.54, 1.807) is 0 Å². The van der Waals surface area contributed by atoms with E-state index in [9.17, 15) is 9.67 Å². The molecule has 0 aromatic heterocycles. The third kappa shape index (κ3) is 32.3. The van der Waals surface area contributed by atoms with Gasteiger partial charge >= 0.3 is 7.82 Å². The van der Waals surface area contributed by atoms with Gasteiger partial charge in [0.05, 0.1) is 12.2 Å². The third-order valence-electron chi connectivity index (χ3n) is 5.90. The number of phosphoric acid groups is 1. The number of phosphoric ester groups is 1. The average molecular weight is 481 g/mol. The summed E-state index contributed by atoms with van der Waals surface area (Å²) in [4.78, 5) is 17.0. The van der Waals surface area contributed by atoms with Crippen LogP contribution in [-0.4, -0.2) is 27.1 Å². The van der Waals surface area contributed by atoms with Crippen molar-refractivity contribution >= 4 is 7.82 Å². The highest BCUT2D eigenvalue weighted by molar-refractivity contribution is 7.46. The van der Waals surface area contributed by atoms with Gasteiger partial charge in [-0.15, -0.1) is 0 Å². The molecule has 0 aliphatic carbocycles. The van der Waals surface area contributed by atoms with Crippen molar-refractivity contribution in [1.82, 2.24) is 0 Å². The lowest BCUT2D eigenvalue weighted by Crippen LogP contribution is -2.23. The van der Waals surface area contributed by atoms with E-state index in [4.69, 9.17) is 9.79 Å². The van der Waals surface area contributed by atoms with E-state index >= 15 is 0 Å². The summed E-state index contributed by atoms with van der Waals surface area (Å²) in [7, 11) is -4.25. The lowest BCUT2D eigenvalue weighted by molar-refractivity contribution is 0.0376. The average Bonchev–Trinajstić information content (AvgIpc) is 2.73. The van der Waals surface area contributed by atoms with E-state index in [1.807, 2.05) is 6.92 Å². The molecule has 0 spiro atoms. The van der Waals surface area contributed by atoms with E-state index in [-0.39, 0.29) is 6.61 Å². The van der Waals surface area contributed by atoms with Crippen molar-refractivity contribution in [3.63, 3.8) is 0 Å². The summed E-state index contributed by atoms with van der Waals surface area (Å²) in [6, 6.07) is 0. The molecule has 32 heavy (non-hydrogen) atoms. The summed E-state index contributed by atoms with van der Waals surface area (Å²) in [6.07, 6.45) is 24.4. The maximum absolute atomic E-state index is 10.4. The predicted molar refractivity (Wildman–Crippen MR) is 138 cm³/mol. The van der Waals surface area contributed by atoms with Gasteiger partial charge in [-0.3, -0.25) is 4.52 Å². The zero-order valence-electron chi connectivity index (χ0n) is 22.0. The Morgan fingerprint density at radius 3 is 1.22 bits per heavy atom. The summed E-state index contributed by atoms with van der Waals surface area (Å²) in [5.74, 6) is 0. The van der Waals surface area contributed by atoms with Crippen LogP contribution in [0.2, 0.25) is 0 Å². The molecule has 0 fully saturated rings. The number of rotatable bonds is 22. The van der Waals surface area contributed by atoms with Crippen molar-refractivity contribution in [3.8, 4) is 0 Å². The van der Waals surface area contributed by atoms with Gasteiger partial charge in [0.2, 0.25) is 0 Å². The minimum Gasteiger partial charge on any atom is -0.390 e. The number of unbranched alkanes of at least 4 members (excludes halogenated alkanes) is 15. The van der Waals surface area contributed by atoms with E-state index < -0.39 is 13.4 Å². The Bertz CT molecular complexity index is 399. The molecule has 6 heteroatoms. The smallest absolute Gasteiger partial charge is 0.390 e. The van der Waals surface area contributed by atoms with Gasteiger partial charge in [0.15, 0.2) is 0 Å². The Kier molecular flexibility index (Phi) is 25.9. The van der Waals surface area contributed by atoms with Gasteiger partial charge < -0.3 is 14.9 Å². The normalized spacial score (nSPS) is 12.0. The van der Waals surface area contributed by atoms with Crippen LogP contribution in [0.5, 0.6) is 0 Å². The molecular weight excluding hydrogens is 423 g/mol. The molecule has 3 N–H and O–H groups in total. The third-order valence-corrected chi connectivity index (χ3v) is 6.41. The number of hydrogen-bond donors (Lipinski definition) is 3. The molecule has 0 aliphatic heterocycles. The Balaban J connectivity index is 0. The molecule has 0 saturated heterocycles. The molecule has 0 bridgehead atoms. The molecular formula is C26H57O5P. The van der Waals surface area contributed by atoms with Crippen LogP contribution >= 0.6 is 7.82 Å². The van der Waals surface area contributed by atoms with Crippen molar-refractivity contribution < 1.29 is 24.0 Å². The van der Waals surface area contributed by atoms with E-state index in [2.05, 4.69) is 25.3 Å². The maximum atomic E-state index is 10.4. The standard InChI is InChI=1S/C16H35O4P.C10H22O/c1-2-3-4-5-6-7-8-9-10-11-12-13-14-15-16-20-21(17,18)19;1-4-6-8-10(3,11)9-7-5-2/h2-16H2,1H3,(H2,17,18,19);11H,4-9H2,1-3H3. The molecule has 0 amide bonds. The SMILES string of the molecule is CCCCC(C)(O)CCCC.CCCCCCCCCCCCCCCCOP(=O)(O)O. The Morgan fingerprint density at radius 2 is 0.906 bits per heavy atom. The van der Waals surface area contributed by atoms with Gasteiger partial charge in [-0.05, 0) is 26.2 Å². The monoisotopic (exact) mass is 480 g/mol. The van der Waals surface area contributed by atoms with E-state index in [1.165, 1.54) is 83.5 Å². The lowest BCUT2D eigenvalue weighted by Gasteiger charge is -2.22. The summed E-state index contributed by atoms with van der Waals surface area (Å²) in [6.45, 7) is 8.71. The van der Waals surface area contributed by atoms with Gasteiger partial charge in [-0.1, -0.05) is 130 Å². The largest absolute Gasteiger partial charge is 0.469 e. The molecule has 5 nitrogen and oxygen atoms in total. The molecule has 0 aromatic carbocycles. The molecule has 0 heterocycles. The van der Waals surface area contributed by atoms with Crippen LogP contribution in [0.15, 0.2) is 0 Å². The summed E-state index contributed by atoms with van der Waals surface area (Å²) < 4.78 is 14.8.